The molecule has 0 N–H and O–H groups in total. The zero-order valence-electron chi connectivity index (χ0n) is 20.3. The van der Waals surface area contributed by atoms with Gasteiger partial charge in [-0.2, -0.15) is 0 Å². The van der Waals surface area contributed by atoms with Crippen LogP contribution in [0.3, 0.4) is 0 Å². The van der Waals surface area contributed by atoms with Gasteiger partial charge in [0, 0.05) is 29.9 Å². The number of fused-ring (bicyclic) bond motifs is 1. The van der Waals surface area contributed by atoms with Gasteiger partial charge in [0.1, 0.15) is 5.54 Å². The highest BCUT2D eigenvalue weighted by molar-refractivity contribution is 6.35. The molecule has 186 valence electrons. The van der Waals surface area contributed by atoms with Crippen LogP contribution in [0.1, 0.15) is 22.4 Å². The molecule has 0 bridgehead atoms. The van der Waals surface area contributed by atoms with Gasteiger partial charge >= 0.3 is 0 Å². The molecule has 0 aliphatic rings. The summed E-state index contributed by atoms with van der Waals surface area (Å²) in [5, 5.41) is 12.6. The first-order valence-corrected chi connectivity index (χ1v) is 12.6. The van der Waals surface area contributed by atoms with Crippen molar-refractivity contribution in [1.82, 2.24) is 14.1 Å². The molecule has 6 rings (SSSR count). The van der Waals surface area contributed by atoms with Gasteiger partial charge in [0.25, 0.3) is 5.69 Å². The first kappa shape index (κ1) is 23.7. The van der Waals surface area contributed by atoms with Crippen molar-refractivity contribution in [2.75, 3.05) is 0 Å². The lowest BCUT2D eigenvalue weighted by molar-refractivity contribution is -0.384. The Morgan fingerprint density at radius 3 is 1.89 bits per heavy atom. The highest BCUT2D eigenvalue weighted by Crippen LogP contribution is 2.41. The minimum atomic E-state index is -0.657. The van der Waals surface area contributed by atoms with Gasteiger partial charge < -0.3 is 9.13 Å². The van der Waals surface area contributed by atoms with Gasteiger partial charge in [0.15, 0.2) is 0 Å². The van der Waals surface area contributed by atoms with E-state index < -0.39 is 10.5 Å². The summed E-state index contributed by atoms with van der Waals surface area (Å²) in [4.78, 5) is 15.8. The van der Waals surface area contributed by atoms with Crippen LogP contribution in [0.15, 0.2) is 128 Å². The molecule has 2 aromatic heterocycles. The molecule has 0 fully saturated rings. The highest BCUT2D eigenvalue weighted by atomic mass is 35.5. The normalized spacial score (nSPS) is 11.6. The van der Waals surface area contributed by atoms with Crippen molar-refractivity contribution in [2.45, 2.75) is 12.1 Å². The number of non-ortho nitro benzene ring substituents is 1. The Bertz CT molecular complexity index is 1630. The Kier molecular flexibility index (Phi) is 6.02. The van der Waals surface area contributed by atoms with Gasteiger partial charge in [0.05, 0.1) is 34.0 Å². The standard InChI is InChI=1S/C31H23ClN4O2/c32-29-18-27(36(37)38)19-30-28(29)16-17-34(30)20-26-21-35(22-33-26)31(23-10-4-1-5-11-23,24-12-6-2-7-13-24)25-14-8-3-9-15-25/h1-19,21-22H,20H2. The second-order valence-corrected chi connectivity index (χ2v) is 9.55. The van der Waals surface area contributed by atoms with E-state index in [4.69, 9.17) is 16.6 Å². The fraction of sp³-hybridized carbons (Fsp3) is 0.0645. The summed E-state index contributed by atoms with van der Waals surface area (Å²) < 4.78 is 4.10. The molecule has 7 heteroatoms. The number of halogens is 1. The van der Waals surface area contributed by atoms with Gasteiger partial charge in [-0.1, -0.05) is 103 Å². The first-order chi connectivity index (χ1) is 18.6. The van der Waals surface area contributed by atoms with E-state index in [2.05, 4.69) is 83.6 Å². The number of hydrogen-bond acceptors (Lipinski definition) is 3. The zero-order valence-corrected chi connectivity index (χ0v) is 21.1. The van der Waals surface area contributed by atoms with E-state index >= 15 is 0 Å². The molecule has 38 heavy (non-hydrogen) atoms. The maximum Gasteiger partial charge on any atom is 0.273 e. The fourth-order valence-electron chi connectivity index (χ4n) is 5.27. The van der Waals surface area contributed by atoms with Gasteiger partial charge in [-0.15, -0.1) is 0 Å². The van der Waals surface area contributed by atoms with Gasteiger partial charge in [-0.3, -0.25) is 10.1 Å². The Morgan fingerprint density at radius 1 is 0.816 bits per heavy atom. The minimum Gasteiger partial charge on any atom is -0.341 e. The molecule has 0 saturated carbocycles. The predicted octanol–water partition coefficient (Wildman–Crippen LogP) is 7.29. The summed E-state index contributed by atoms with van der Waals surface area (Å²) in [5.74, 6) is 0. The second-order valence-electron chi connectivity index (χ2n) is 9.14. The molecular formula is C31H23ClN4O2. The van der Waals surface area contributed by atoms with Crippen molar-refractivity contribution in [3.05, 3.63) is 165 Å². The maximum atomic E-state index is 11.4. The number of hydrogen-bond donors (Lipinski definition) is 0. The molecule has 6 aromatic rings. The summed E-state index contributed by atoms with van der Waals surface area (Å²) in [5.41, 5.74) is 4.14. The summed E-state index contributed by atoms with van der Waals surface area (Å²) in [6, 6.07) is 36.0. The van der Waals surface area contributed by atoms with Crippen LogP contribution >= 0.6 is 11.6 Å². The molecule has 0 aliphatic heterocycles. The van der Waals surface area contributed by atoms with Crippen molar-refractivity contribution in [2.24, 2.45) is 0 Å². The van der Waals surface area contributed by atoms with Crippen molar-refractivity contribution in [3.8, 4) is 0 Å². The minimum absolute atomic E-state index is 0.0378. The fourth-order valence-corrected chi connectivity index (χ4v) is 5.54. The topological polar surface area (TPSA) is 65.9 Å². The predicted molar refractivity (Wildman–Crippen MR) is 150 cm³/mol. The molecule has 0 aliphatic carbocycles. The summed E-state index contributed by atoms with van der Waals surface area (Å²) in [7, 11) is 0. The van der Waals surface area contributed by atoms with Crippen LogP contribution in [0, 0.1) is 10.1 Å². The Hall–Kier alpha value is -4.68. The number of imidazole rings is 1. The zero-order chi connectivity index (χ0) is 26.1. The molecule has 0 atom stereocenters. The number of benzene rings is 4. The maximum absolute atomic E-state index is 11.4. The van der Waals surface area contributed by atoms with E-state index in [-0.39, 0.29) is 5.69 Å². The summed E-state index contributed by atoms with van der Waals surface area (Å²) in [6.07, 6.45) is 5.80. The van der Waals surface area contributed by atoms with E-state index in [1.54, 1.807) is 6.07 Å². The molecule has 0 saturated heterocycles. The third-order valence-electron chi connectivity index (χ3n) is 6.96. The van der Waals surface area contributed by atoms with Crippen LogP contribution in [0.5, 0.6) is 0 Å². The lowest BCUT2D eigenvalue weighted by Gasteiger charge is -2.37. The molecule has 0 spiro atoms. The summed E-state index contributed by atoms with van der Waals surface area (Å²) in [6.45, 7) is 0.433. The third kappa shape index (κ3) is 3.96. The quantitative estimate of drug-likeness (QED) is 0.127. The largest absolute Gasteiger partial charge is 0.341 e. The number of nitro benzene ring substituents is 1. The van der Waals surface area contributed by atoms with Gasteiger partial charge in [0.2, 0.25) is 0 Å². The van der Waals surface area contributed by atoms with E-state index in [1.165, 1.54) is 6.07 Å². The Morgan fingerprint density at radius 2 is 1.37 bits per heavy atom. The SMILES string of the molecule is O=[N+]([O-])c1cc(Cl)c2ccn(Cc3cn(C(c4ccccc4)(c4ccccc4)c4ccccc4)cn3)c2c1. The average Bonchev–Trinajstić information content (AvgIpc) is 3.59. The molecule has 6 nitrogen and oxygen atoms in total. The molecule has 4 aromatic carbocycles. The highest BCUT2D eigenvalue weighted by Gasteiger charge is 2.38. The lowest BCUT2D eigenvalue weighted by atomic mass is 9.77. The second kappa shape index (κ2) is 9.65. The van der Waals surface area contributed by atoms with Gasteiger partial charge in [-0.05, 0) is 22.8 Å². The van der Waals surface area contributed by atoms with Crippen LogP contribution in [-0.4, -0.2) is 19.0 Å². The number of nitro groups is 1. The van der Waals surface area contributed by atoms with Crippen molar-refractivity contribution in [1.29, 1.82) is 0 Å². The first-order valence-electron chi connectivity index (χ1n) is 12.2. The van der Waals surface area contributed by atoms with Crippen molar-refractivity contribution < 1.29 is 4.92 Å². The lowest BCUT2D eigenvalue weighted by Crippen LogP contribution is -2.36. The van der Waals surface area contributed by atoms with Crippen LogP contribution in [0.2, 0.25) is 5.02 Å². The molecular weight excluding hydrogens is 496 g/mol. The van der Waals surface area contributed by atoms with Crippen LogP contribution in [0.25, 0.3) is 10.9 Å². The number of nitrogens with zero attached hydrogens (tertiary/aromatic N) is 4. The smallest absolute Gasteiger partial charge is 0.273 e. The molecule has 0 unspecified atom stereocenters. The monoisotopic (exact) mass is 518 g/mol. The van der Waals surface area contributed by atoms with E-state index in [9.17, 15) is 10.1 Å². The number of rotatable bonds is 7. The van der Waals surface area contributed by atoms with Gasteiger partial charge in [-0.25, -0.2) is 4.98 Å². The molecule has 0 radical (unpaired) electrons. The third-order valence-corrected chi connectivity index (χ3v) is 7.28. The molecule has 0 amide bonds. The van der Waals surface area contributed by atoms with Crippen molar-refractivity contribution in [3.63, 3.8) is 0 Å². The van der Waals surface area contributed by atoms with E-state index in [0.29, 0.717) is 17.1 Å². The van der Waals surface area contributed by atoms with Crippen LogP contribution < -0.4 is 0 Å². The van der Waals surface area contributed by atoms with Crippen LogP contribution in [-0.2, 0) is 12.1 Å². The van der Waals surface area contributed by atoms with Crippen molar-refractivity contribution >= 4 is 28.2 Å². The Balaban J connectivity index is 1.51. The van der Waals surface area contributed by atoms with E-state index in [0.717, 1.165) is 27.8 Å². The van der Waals surface area contributed by atoms with E-state index in [1.807, 2.05) is 41.4 Å². The average molecular weight is 519 g/mol. The van der Waals surface area contributed by atoms with Crippen LogP contribution in [0.4, 0.5) is 5.69 Å². The molecule has 2 heterocycles. The summed E-state index contributed by atoms with van der Waals surface area (Å²) >= 11 is 6.35. The number of aromatic nitrogens is 3. The Labute approximate surface area is 224 Å².